The number of pyridine rings is 1. The Morgan fingerprint density at radius 3 is 3.19 bits per heavy atom. The molecule has 0 amide bonds. The summed E-state index contributed by atoms with van der Waals surface area (Å²) in [6.07, 6.45) is 3.89. The lowest BCUT2D eigenvalue weighted by Crippen LogP contribution is -2.20. The first kappa shape index (κ1) is 9.35. The van der Waals surface area contributed by atoms with E-state index >= 15 is 0 Å². The van der Waals surface area contributed by atoms with Gasteiger partial charge in [0.05, 0.1) is 11.7 Å². The molecule has 3 rings (SSSR count). The van der Waals surface area contributed by atoms with E-state index in [1.807, 2.05) is 19.3 Å². The summed E-state index contributed by atoms with van der Waals surface area (Å²) in [5.41, 5.74) is 2.83. The Morgan fingerprint density at radius 2 is 2.38 bits per heavy atom. The Morgan fingerprint density at radius 1 is 1.50 bits per heavy atom. The molecule has 0 aromatic carbocycles. The molecule has 3 heterocycles. The van der Waals surface area contributed by atoms with Crippen molar-refractivity contribution in [3.8, 4) is 0 Å². The van der Waals surface area contributed by atoms with E-state index in [-0.39, 0.29) is 6.17 Å². The van der Waals surface area contributed by atoms with Crippen LogP contribution >= 0.6 is 0 Å². The number of rotatable bonds is 2. The predicted octanol–water partition coefficient (Wildman–Crippen LogP) is 1.65. The average Bonchev–Trinajstić information content (AvgIpc) is 2.90. The Kier molecular flexibility index (Phi) is 1.94. The fraction of sp³-hybridized carbons (Fsp3) is 0.273. The average molecular weight is 215 g/mol. The van der Waals surface area contributed by atoms with Crippen molar-refractivity contribution in [2.45, 2.75) is 13.1 Å². The van der Waals surface area contributed by atoms with Gasteiger partial charge >= 0.3 is 0 Å². The molecule has 0 bridgehead atoms. The van der Waals surface area contributed by atoms with Crippen molar-refractivity contribution in [2.24, 2.45) is 0 Å². The van der Waals surface area contributed by atoms with Gasteiger partial charge in [0.15, 0.2) is 5.65 Å². The molecule has 0 spiro atoms. The zero-order valence-corrected chi connectivity index (χ0v) is 9.23. The zero-order chi connectivity index (χ0) is 11.1. The van der Waals surface area contributed by atoms with Gasteiger partial charge in [-0.2, -0.15) is 0 Å². The molecule has 5 heteroatoms. The van der Waals surface area contributed by atoms with Gasteiger partial charge in [-0.15, -0.1) is 0 Å². The molecule has 2 N–H and O–H groups in total. The molecule has 0 aliphatic carbocycles. The molecule has 0 aliphatic heterocycles. The molecule has 3 aromatic heterocycles. The van der Waals surface area contributed by atoms with Crippen LogP contribution in [0.1, 0.15) is 13.1 Å². The van der Waals surface area contributed by atoms with E-state index in [0.717, 1.165) is 22.1 Å². The van der Waals surface area contributed by atoms with Crippen LogP contribution in [0, 0.1) is 0 Å². The summed E-state index contributed by atoms with van der Waals surface area (Å²) in [6, 6.07) is 4.08. The van der Waals surface area contributed by atoms with E-state index in [1.54, 1.807) is 6.20 Å². The normalized spacial score (nSPS) is 13.6. The minimum atomic E-state index is 0.208. The van der Waals surface area contributed by atoms with Gasteiger partial charge in [0.1, 0.15) is 5.52 Å². The molecule has 0 aliphatic rings. The third-order valence-electron chi connectivity index (χ3n) is 2.90. The number of fused-ring (bicyclic) bond motifs is 2. The third-order valence-corrected chi connectivity index (χ3v) is 2.90. The smallest absolute Gasteiger partial charge is 0.160 e. The summed E-state index contributed by atoms with van der Waals surface area (Å²) < 4.78 is 2.05. The second-order valence-electron chi connectivity index (χ2n) is 3.86. The fourth-order valence-electron chi connectivity index (χ4n) is 1.88. The quantitative estimate of drug-likeness (QED) is 0.683. The summed E-state index contributed by atoms with van der Waals surface area (Å²) in [4.78, 5) is 8.68. The van der Waals surface area contributed by atoms with Crippen molar-refractivity contribution in [1.29, 1.82) is 0 Å². The molecule has 1 unspecified atom stereocenters. The predicted molar refractivity (Wildman–Crippen MR) is 63.2 cm³/mol. The maximum absolute atomic E-state index is 4.48. The molecule has 82 valence electrons. The van der Waals surface area contributed by atoms with Gasteiger partial charge in [-0.3, -0.25) is 10.00 Å². The number of hydrogen-bond acceptors (Lipinski definition) is 3. The molecule has 16 heavy (non-hydrogen) atoms. The lowest BCUT2D eigenvalue weighted by molar-refractivity contribution is 0.446. The summed E-state index contributed by atoms with van der Waals surface area (Å²) in [5, 5.41) is 7.46. The highest BCUT2D eigenvalue weighted by Crippen LogP contribution is 2.20. The Labute approximate surface area is 92.5 Å². The molecule has 3 aromatic rings. The Hall–Kier alpha value is -1.88. The van der Waals surface area contributed by atoms with Crippen LogP contribution in [0.25, 0.3) is 22.1 Å². The fourth-order valence-corrected chi connectivity index (χ4v) is 1.88. The number of nitrogens with zero attached hydrogens (tertiary/aromatic N) is 3. The number of aromatic nitrogens is 4. The van der Waals surface area contributed by atoms with Crippen LogP contribution in [-0.2, 0) is 0 Å². The Bertz CT molecular complexity index is 636. The number of aromatic amines is 1. The van der Waals surface area contributed by atoms with Crippen LogP contribution in [0.5, 0.6) is 0 Å². The molecule has 0 saturated carbocycles. The van der Waals surface area contributed by atoms with Crippen molar-refractivity contribution in [3.05, 3.63) is 24.5 Å². The van der Waals surface area contributed by atoms with Crippen LogP contribution in [0.15, 0.2) is 24.5 Å². The van der Waals surface area contributed by atoms with Gasteiger partial charge in [-0.25, -0.2) is 9.97 Å². The van der Waals surface area contributed by atoms with E-state index in [0.29, 0.717) is 0 Å². The monoisotopic (exact) mass is 215 g/mol. The molecular formula is C11H13N5. The summed E-state index contributed by atoms with van der Waals surface area (Å²) in [6.45, 7) is 2.09. The number of hydrogen-bond donors (Lipinski definition) is 2. The maximum Gasteiger partial charge on any atom is 0.160 e. The SMILES string of the molecule is CNC(C)n1[nH]cc2nc3nccc3cc21. The van der Waals surface area contributed by atoms with E-state index in [9.17, 15) is 0 Å². The highest BCUT2D eigenvalue weighted by atomic mass is 15.4. The van der Waals surface area contributed by atoms with Crippen LogP contribution in [-0.4, -0.2) is 26.8 Å². The van der Waals surface area contributed by atoms with Gasteiger partial charge in [-0.05, 0) is 26.1 Å². The maximum atomic E-state index is 4.48. The first-order chi connectivity index (χ1) is 7.79. The van der Waals surface area contributed by atoms with Crippen molar-refractivity contribution in [2.75, 3.05) is 7.05 Å². The van der Waals surface area contributed by atoms with Crippen LogP contribution in [0.4, 0.5) is 0 Å². The summed E-state index contributed by atoms with van der Waals surface area (Å²) in [5.74, 6) is 0. The van der Waals surface area contributed by atoms with Gasteiger partial charge in [0.25, 0.3) is 0 Å². The highest BCUT2D eigenvalue weighted by molar-refractivity contribution is 5.89. The zero-order valence-electron chi connectivity index (χ0n) is 9.23. The third kappa shape index (κ3) is 1.22. The van der Waals surface area contributed by atoms with E-state index in [4.69, 9.17) is 0 Å². The molecular weight excluding hydrogens is 202 g/mol. The number of H-pyrrole nitrogens is 1. The van der Waals surface area contributed by atoms with Gasteiger partial charge < -0.3 is 5.10 Å². The van der Waals surface area contributed by atoms with Crippen LogP contribution in [0.2, 0.25) is 0 Å². The summed E-state index contributed by atoms with van der Waals surface area (Å²) in [7, 11) is 1.93. The van der Waals surface area contributed by atoms with Crippen molar-refractivity contribution in [3.63, 3.8) is 0 Å². The van der Waals surface area contributed by atoms with Gasteiger partial charge in [0, 0.05) is 17.8 Å². The highest BCUT2D eigenvalue weighted by Gasteiger charge is 2.09. The molecule has 0 radical (unpaired) electrons. The molecule has 1 atom stereocenters. The largest absolute Gasteiger partial charge is 0.302 e. The van der Waals surface area contributed by atoms with E-state index in [2.05, 4.69) is 38.1 Å². The lowest BCUT2D eigenvalue weighted by Gasteiger charge is -2.12. The van der Waals surface area contributed by atoms with Crippen molar-refractivity contribution < 1.29 is 0 Å². The molecule has 0 fully saturated rings. The van der Waals surface area contributed by atoms with E-state index in [1.165, 1.54) is 0 Å². The van der Waals surface area contributed by atoms with Crippen LogP contribution < -0.4 is 5.32 Å². The first-order valence-electron chi connectivity index (χ1n) is 5.28. The standard InChI is InChI=1S/C11H13N5/c1-7(12-2)16-10-5-8-3-4-13-11(8)15-9(10)6-14-16/h3-7,12,14H,1-2H3. The lowest BCUT2D eigenvalue weighted by atomic mass is 10.3. The summed E-state index contributed by atoms with van der Waals surface area (Å²) >= 11 is 0. The van der Waals surface area contributed by atoms with Crippen molar-refractivity contribution in [1.82, 2.24) is 25.1 Å². The van der Waals surface area contributed by atoms with E-state index < -0.39 is 0 Å². The Balaban J connectivity index is 2.31. The van der Waals surface area contributed by atoms with Crippen LogP contribution in [0.3, 0.4) is 0 Å². The minimum Gasteiger partial charge on any atom is -0.302 e. The number of nitrogens with one attached hydrogen (secondary N) is 2. The topological polar surface area (TPSA) is 58.5 Å². The molecule has 0 saturated heterocycles. The van der Waals surface area contributed by atoms with Gasteiger partial charge in [0.2, 0.25) is 0 Å². The first-order valence-corrected chi connectivity index (χ1v) is 5.28. The second kappa shape index (κ2) is 3.31. The minimum absolute atomic E-state index is 0.208. The molecule has 5 nitrogen and oxygen atoms in total. The second-order valence-corrected chi connectivity index (χ2v) is 3.86. The van der Waals surface area contributed by atoms with Gasteiger partial charge in [-0.1, -0.05) is 0 Å². The van der Waals surface area contributed by atoms with Crippen molar-refractivity contribution >= 4 is 22.1 Å².